The van der Waals surface area contributed by atoms with Gasteiger partial charge in [-0.05, 0) is 36.4 Å². The van der Waals surface area contributed by atoms with Crippen LogP contribution in [0.5, 0.6) is 0 Å². The van der Waals surface area contributed by atoms with Crippen LogP contribution in [0.4, 0.5) is 24.5 Å². The van der Waals surface area contributed by atoms with Crippen molar-refractivity contribution >= 4 is 29.2 Å². The first kappa shape index (κ1) is 19.4. The summed E-state index contributed by atoms with van der Waals surface area (Å²) >= 11 is 6.09. The zero-order chi connectivity index (χ0) is 20.3. The molecule has 0 unspecified atom stereocenters. The minimum absolute atomic E-state index is 0.188. The molecule has 0 amide bonds. The van der Waals surface area contributed by atoms with E-state index in [9.17, 15) is 23.3 Å². The number of hydrogen-bond acceptors (Lipinski definition) is 5. The monoisotopic (exact) mass is 409 g/mol. The largest absolute Gasteiger partial charge is 0.455 e. The van der Waals surface area contributed by atoms with Crippen LogP contribution in [0, 0.1) is 10.1 Å². The average molecular weight is 410 g/mol. The Hall–Kier alpha value is -3.33. The van der Waals surface area contributed by atoms with Crippen molar-refractivity contribution in [3.63, 3.8) is 0 Å². The molecule has 3 aromatic rings. The summed E-state index contributed by atoms with van der Waals surface area (Å²) in [5.41, 5.74) is 0.977. The number of nitrogens with zero attached hydrogens (tertiary/aromatic N) is 2. The predicted octanol–water partition coefficient (Wildman–Crippen LogP) is 5.97. The Labute approximate surface area is 161 Å². The number of benzene rings is 2. The highest BCUT2D eigenvalue weighted by atomic mass is 35.5. The van der Waals surface area contributed by atoms with Crippen molar-refractivity contribution in [1.82, 2.24) is 0 Å². The predicted molar refractivity (Wildman–Crippen MR) is 98.5 cm³/mol. The summed E-state index contributed by atoms with van der Waals surface area (Å²) in [6, 6.07) is 12.4. The van der Waals surface area contributed by atoms with E-state index in [4.69, 9.17) is 16.0 Å². The first-order valence-corrected chi connectivity index (χ1v) is 8.13. The lowest BCUT2D eigenvalue weighted by Gasteiger charge is -2.08. The molecule has 0 spiro atoms. The Balaban J connectivity index is 1.78. The second kappa shape index (κ2) is 7.73. The highest BCUT2D eigenvalue weighted by Gasteiger charge is 2.33. The Morgan fingerprint density at radius 3 is 2.57 bits per heavy atom. The van der Waals surface area contributed by atoms with E-state index in [0.29, 0.717) is 28.2 Å². The minimum Gasteiger partial charge on any atom is -0.455 e. The maximum absolute atomic E-state index is 12.7. The molecule has 0 aliphatic rings. The fourth-order valence-corrected chi connectivity index (χ4v) is 2.58. The first-order chi connectivity index (χ1) is 13.3. The molecule has 0 fully saturated rings. The van der Waals surface area contributed by atoms with E-state index in [2.05, 4.69) is 10.5 Å². The van der Waals surface area contributed by atoms with Gasteiger partial charge in [0.1, 0.15) is 17.2 Å². The van der Waals surface area contributed by atoms with Crippen molar-refractivity contribution < 1.29 is 22.5 Å². The third-order valence-corrected chi connectivity index (χ3v) is 3.99. The molecule has 6 nitrogen and oxygen atoms in total. The van der Waals surface area contributed by atoms with Crippen LogP contribution >= 0.6 is 11.6 Å². The Morgan fingerprint density at radius 1 is 1.14 bits per heavy atom. The van der Waals surface area contributed by atoms with Crippen LogP contribution in [0.1, 0.15) is 11.3 Å². The van der Waals surface area contributed by atoms with Gasteiger partial charge in [0.2, 0.25) is 0 Å². The van der Waals surface area contributed by atoms with Gasteiger partial charge in [-0.3, -0.25) is 15.5 Å². The fourth-order valence-electron chi connectivity index (χ4n) is 2.35. The highest BCUT2D eigenvalue weighted by Crippen LogP contribution is 2.35. The van der Waals surface area contributed by atoms with E-state index >= 15 is 0 Å². The van der Waals surface area contributed by atoms with Crippen molar-refractivity contribution in [3.8, 4) is 11.3 Å². The van der Waals surface area contributed by atoms with Crippen LogP contribution in [0.3, 0.4) is 0 Å². The molecule has 144 valence electrons. The molecule has 0 bridgehead atoms. The van der Waals surface area contributed by atoms with Crippen LogP contribution in [-0.4, -0.2) is 11.1 Å². The fraction of sp³-hybridized carbons (Fsp3) is 0.0556. The van der Waals surface area contributed by atoms with E-state index in [1.807, 2.05) is 0 Å². The average Bonchev–Trinajstić information content (AvgIpc) is 3.10. The van der Waals surface area contributed by atoms with E-state index in [0.717, 1.165) is 12.1 Å². The number of nitro groups is 1. The smallest absolute Gasteiger partial charge is 0.416 e. The lowest BCUT2D eigenvalue weighted by Crippen LogP contribution is -2.06. The lowest BCUT2D eigenvalue weighted by atomic mass is 10.1. The number of furan rings is 1. The topological polar surface area (TPSA) is 80.7 Å². The Bertz CT molecular complexity index is 1050. The second-order valence-corrected chi connectivity index (χ2v) is 5.95. The molecule has 0 atom stereocenters. The van der Waals surface area contributed by atoms with E-state index in [1.54, 1.807) is 36.4 Å². The van der Waals surface area contributed by atoms with Crippen LogP contribution < -0.4 is 5.43 Å². The standard InChI is InChI=1S/C18H11ClF3N3O3/c19-14-4-2-1-3-13(14)17-8-6-12(28-17)10-23-24-15-7-5-11(18(20,21)22)9-16(15)25(26)27/h1-10,24H/b23-10-. The molecular formula is C18H11ClF3N3O3. The third-order valence-electron chi connectivity index (χ3n) is 3.66. The number of anilines is 1. The second-order valence-electron chi connectivity index (χ2n) is 5.54. The molecule has 0 aliphatic heterocycles. The van der Waals surface area contributed by atoms with Gasteiger partial charge in [0.15, 0.2) is 0 Å². The first-order valence-electron chi connectivity index (χ1n) is 7.75. The lowest BCUT2D eigenvalue weighted by molar-refractivity contribution is -0.384. The molecule has 2 aromatic carbocycles. The molecule has 3 rings (SSSR count). The normalized spacial score (nSPS) is 11.7. The SMILES string of the molecule is O=[N+]([O-])c1cc(C(F)(F)F)ccc1N/N=C\c1ccc(-c2ccccc2Cl)o1. The van der Waals surface area contributed by atoms with Gasteiger partial charge < -0.3 is 4.42 Å². The van der Waals surface area contributed by atoms with E-state index in [-0.39, 0.29) is 5.69 Å². The van der Waals surface area contributed by atoms with Crippen molar-refractivity contribution in [2.75, 3.05) is 5.43 Å². The van der Waals surface area contributed by atoms with Gasteiger partial charge in [-0.25, -0.2) is 0 Å². The van der Waals surface area contributed by atoms with Crippen molar-refractivity contribution in [3.05, 3.63) is 81.1 Å². The summed E-state index contributed by atoms with van der Waals surface area (Å²) in [6.45, 7) is 0. The zero-order valence-electron chi connectivity index (χ0n) is 13.9. The molecule has 0 aliphatic carbocycles. The molecule has 10 heteroatoms. The highest BCUT2D eigenvalue weighted by molar-refractivity contribution is 6.33. The number of hydrazone groups is 1. The molecule has 0 radical (unpaired) electrons. The van der Waals surface area contributed by atoms with Crippen molar-refractivity contribution in [2.45, 2.75) is 6.18 Å². The Morgan fingerprint density at radius 2 is 1.89 bits per heavy atom. The number of nitro benzene ring substituents is 1. The van der Waals surface area contributed by atoms with Crippen molar-refractivity contribution in [1.29, 1.82) is 0 Å². The van der Waals surface area contributed by atoms with E-state index < -0.39 is 22.4 Å². The maximum atomic E-state index is 12.7. The van der Waals surface area contributed by atoms with Crippen LogP contribution in [0.2, 0.25) is 5.02 Å². The number of halogens is 4. The van der Waals surface area contributed by atoms with E-state index in [1.165, 1.54) is 6.21 Å². The van der Waals surface area contributed by atoms with Gasteiger partial charge in [0, 0.05) is 11.6 Å². The van der Waals surface area contributed by atoms with Crippen molar-refractivity contribution in [2.24, 2.45) is 5.10 Å². The van der Waals surface area contributed by atoms with Gasteiger partial charge in [-0.1, -0.05) is 23.7 Å². The molecule has 0 saturated heterocycles. The summed E-state index contributed by atoms with van der Waals surface area (Å²) < 4.78 is 43.7. The molecule has 0 saturated carbocycles. The molecule has 28 heavy (non-hydrogen) atoms. The molecule has 1 heterocycles. The zero-order valence-corrected chi connectivity index (χ0v) is 14.7. The minimum atomic E-state index is -4.68. The quantitative estimate of drug-likeness (QED) is 0.319. The number of rotatable bonds is 5. The summed E-state index contributed by atoms with van der Waals surface area (Å²) in [5.74, 6) is 0.810. The van der Waals surface area contributed by atoms with Gasteiger partial charge >= 0.3 is 6.18 Å². The van der Waals surface area contributed by atoms with Gasteiger partial charge in [-0.2, -0.15) is 18.3 Å². The summed E-state index contributed by atoms with van der Waals surface area (Å²) in [5, 5.41) is 15.3. The van der Waals surface area contributed by atoms with Gasteiger partial charge in [0.25, 0.3) is 5.69 Å². The number of hydrogen-bond donors (Lipinski definition) is 1. The molecule has 1 aromatic heterocycles. The number of nitrogens with one attached hydrogen (secondary N) is 1. The molecular weight excluding hydrogens is 399 g/mol. The Kier molecular flexibility index (Phi) is 5.36. The van der Waals surface area contributed by atoms with Gasteiger partial charge in [0.05, 0.1) is 21.7 Å². The summed E-state index contributed by atoms with van der Waals surface area (Å²) in [6.07, 6.45) is -3.45. The number of alkyl halides is 3. The molecule has 1 N–H and O–H groups in total. The summed E-state index contributed by atoms with van der Waals surface area (Å²) in [4.78, 5) is 10.1. The van der Waals surface area contributed by atoms with Crippen LogP contribution in [0.15, 0.2) is 64.1 Å². The van der Waals surface area contributed by atoms with Crippen LogP contribution in [-0.2, 0) is 6.18 Å². The third kappa shape index (κ3) is 4.32. The summed E-state index contributed by atoms with van der Waals surface area (Å²) in [7, 11) is 0. The maximum Gasteiger partial charge on any atom is 0.416 e. The van der Waals surface area contributed by atoms with Gasteiger partial charge in [-0.15, -0.1) is 0 Å². The van der Waals surface area contributed by atoms with Crippen LogP contribution in [0.25, 0.3) is 11.3 Å².